The Labute approximate surface area is 113 Å². The summed E-state index contributed by atoms with van der Waals surface area (Å²) < 4.78 is 26.5. The van der Waals surface area contributed by atoms with Crippen LogP contribution >= 0.6 is 27.5 Å². The Morgan fingerprint density at radius 3 is 2.71 bits per heavy atom. The van der Waals surface area contributed by atoms with Crippen molar-refractivity contribution in [3.05, 3.63) is 21.6 Å². The smallest absolute Gasteiger partial charge is 0.242 e. The van der Waals surface area contributed by atoms with Gasteiger partial charge in [-0.15, -0.1) is 0 Å². The van der Waals surface area contributed by atoms with E-state index in [1.807, 2.05) is 0 Å². The quantitative estimate of drug-likeness (QED) is 0.719. The molecule has 17 heavy (non-hydrogen) atoms. The molecule has 1 aromatic carbocycles. The van der Waals surface area contributed by atoms with Crippen molar-refractivity contribution >= 4 is 43.2 Å². The first-order valence-electron chi connectivity index (χ1n) is 4.65. The van der Waals surface area contributed by atoms with Crippen molar-refractivity contribution in [2.45, 2.75) is 17.9 Å². The summed E-state index contributed by atoms with van der Waals surface area (Å²) in [6.07, 6.45) is 0. The third-order valence-electron chi connectivity index (χ3n) is 1.95. The Morgan fingerprint density at radius 1 is 1.59 bits per heavy atom. The van der Waals surface area contributed by atoms with Crippen molar-refractivity contribution in [1.82, 2.24) is 4.72 Å². The van der Waals surface area contributed by atoms with E-state index in [2.05, 4.69) is 20.7 Å². The van der Waals surface area contributed by atoms with Gasteiger partial charge in [-0.05, 0) is 35.0 Å². The molecule has 0 aliphatic heterocycles. The molecule has 0 saturated heterocycles. The minimum atomic E-state index is -3.77. The Kier molecular flexibility index (Phi) is 4.79. The summed E-state index contributed by atoms with van der Waals surface area (Å²) in [6, 6.07) is 2.14. The lowest BCUT2D eigenvalue weighted by Crippen LogP contribution is -2.35. The molecule has 0 saturated carbocycles. The summed E-state index contributed by atoms with van der Waals surface area (Å²) in [5.74, 6) is 0. The SMILES string of the molecule is C[C@H](CO)NS(=O)(=O)c1cc(Cl)cc(N)c1Br. The number of benzene rings is 1. The maximum Gasteiger partial charge on any atom is 0.242 e. The molecule has 0 heterocycles. The lowest BCUT2D eigenvalue weighted by molar-refractivity contribution is 0.265. The first-order valence-corrected chi connectivity index (χ1v) is 7.31. The highest BCUT2D eigenvalue weighted by Crippen LogP contribution is 2.31. The van der Waals surface area contributed by atoms with Gasteiger partial charge in [0.25, 0.3) is 0 Å². The minimum absolute atomic E-state index is 0.0530. The summed E-state index contributed by atoms with van der Waals surface area (Å²) >= 11 is 8.85. The predicted octanol–water partition coefficient (Wildman–Crippen LogP) is 1.34. The van der Waals surface area contributed by atoms with Crippen LogP contribution < -0.4 is 10.5 Å². The Morgan fingerprint density at radius 2 is 2.18 bits per heavy atom. The molecule has 0 fully saturated rings. The molecule has 0 aliphatic rings. The molecule has 1 rings (SSSR count). The van der Waals surface area contributed by atoms with Gasteiger partial charge in [-0.2, -0.15) is 0 Å². The predicted molar refractivity (Wildman–Crippen MR) is 70.4 cm³/mol. The van der Waals surface area contributed by atoms with E-state index in [1.54, 1.807) is 6.92 Å². The minimum Gasteiger partial charge on any atom is -0.398 e. The van der Waals surface area contributed by atoms with Crippen LogP contribution in [0.4, 0.5) is 5.69 Å². The van der Waals surface area contributed by atoms with Crippen LogP contribution in [0.25, 0.3) is 0 Å². The van der Waals surface area contributed by atoms with Gasteiger partial charge in [-0.1, -0.05) is 11.6 Å². The highest BCUT2D eigenvalue weighted by molar-refractivity contribution is 9.10. The number of rotatable bonds is 4. The number of halogens is 2. The fourth-order valence-electron chi connectivity index (χ4n) is 1.15. The van der Waals surface area contributed by atoms with E-state index >= 15 is 0 Å². The van der Waals surface area contributed by atoms with Crippen LogP contribution in [0.2, 0.25) is 5.02 Å². The molecule has 0 aromatic heterocycles. The molecular weight excluding hydrogens is 332 g/mol. The van der Waals surface area contributed by atoms with Crippen LogP contribution in [0.1, 0.15) is 6.92 Å². The van der Waals surface area contributed by atoms with E-state index in [0.29, 0.717) is 0 Å². The molecule has 0 bridgehead atoms. The molecular formula is C9H12BrClN2O3S. The Hall–Kier alpha value is -0.340. The number of hydrogen-bond donors (Lipinski definition) is 3. The standard InChI is InChI=1S/C9H12BrClN2O3S/c1-5(4-14)13-17(15,16)8-3-6(11)2-7(12)9(8)10/h2-3,5,13-14H,4,12H2,1H3/t5-/m1/s1. The summed E-state index contributed by atoms with van der Waals surface area (Å²) in [5.41, 5.74) is 5.84. The van der Waals surface area contributed by atoms with Gasteiger partial charge in [0.15, 0.2) is 0 Å². The van der Waals surface area contributed by atoms with E-state index in [0.717, 1.165) is 0 Å². The van der Waals surface area contributed by atoms with Crippen LogP contribution in [0.3, 0.4) is 0 Å². The van der Waals surface area contributed by atoms with Crippen molar-refractivity contribution in [3.63, 3.8) is 0 Å². The molecule has 96 valence electrons. The second kappa shape index (κ2) is 5.53. The molecule has 0 unspecified atom stereocenters. The molecule has 1 aromatic rings. The summed E-state index contributed by atoms with van der Waals surface area (Å²) in [5, 5.41) is 9.06. The maximum atomic E-state index is 12.0. The van der Waals surface area contributed by atoms with Crippen molar-refractivity contribution in [2.24, 2.45) is 0 Å². The third kappa shape index (κ3) is 3.56. The molecule has 8 heteroatoms. The molecule has 0 amide bonds. The van der Waals surface area contributed by atoms with Crippen molar-refractivity contribution in [3.8, 4) is 0 Å². The number of nitrogens with two attached hydrogens (primary N) is 1. The third-order valence-corrected chi connectivity index (χ3v) is 4.93. The van der Waals surface area contributed by atoms with Crippen molar-refractivity contribution in [2.75, 3.05) is 12.3 Å². The number of aliphatic hydroxyl groups is 1. The highest BCUT2D eigenvalue weighted by atomic mass is 79.9. The molecule has 5 nitrogen and oxygen atoms in total. The van der Waals surface area contributed by atoms with Gasteiger partial charge in [0.05, 0.1) is 16.0 Å². The van der Waals surface area contributed by atoms with Crippen molar-refractivity contribution < 1.29 is 13.5 Å². The van der Waals surface area contributed by atoms with Crippen LogP contribution in [0.15, 0.2) is 21.5 Å². The molecule has 1 atom stereocenters. The number of nitrogen functional groups attached to an aromatic ring is 1. The summed E-state index contributed by atoms with van der Waals surface area (Å²) in [7, 11) is -3.77. The second-order valence-corrected chi connectivity index (χ2v) is 6.42. The number of nitrogens with one attached hydrogen (secondary N) is 1. The number of sulfonamides is 1. The van der Waals surface area contributed by atoms with Crippen LogP contribution in [0, 0.1) is 0 Å². The van der Waals surface area contributed by atoms with E-state index in [9.17, 15) is 8.42 Å². The average Bonchev–Trinajstić information content (AvgIpc) is 2.22. The van der Waals surface area contributed by atoms with Crippen molar-refractivity contribution in [1.29, 1.82) is 0 Å². The Balaban J connectivity index is 3.24. The van der Waals surface area contributed by atoms with Gasteiger partial charge in [0, 0.05) is 16.8 Å². The summed E-state index contributed by atoms with van der Waals surface area (Å²) in [6.45, 7) is 1.24. The monoisotopic (exact) mass is 342 g/mol. The first kappa shape index (κ1) is 14.7. The van der Waals surface area contributed by atoms with Crippen LogP contribution in [0.5, 0.6) is 0 Å². The zero-order valence-electron chi connectivity index (χ0n) is 8.94. The van der Waals surface area contributed by atoms with Gasteiger partial charge >= 0.3 is 0 Å². The summed E-state index contributed by atoms with van der Waals surface area (Å²) in [4.78, 5) is -0.0530. The lowest BCUT2D eigenvalue weighted by Gasteiger charge is -2.13. The molecule has 4 N–H and O–H groups in total. The fourth-order valence-corrected chi connectivity index (χ4v) is 3.67. The lowest BCUT2D eigenvalue weighted by atomic mass is 10.3. The largest absolute Gasteiger partial charge is 0.398 e. The highest BCUT2D eigenvalue weighted by Gasteiger charge is 2.21. The van der Waals surface area contributed by atoms with Gasteiger partial charge in [0.1, 0.15) is 0 Å². The average molecular weight is 344 g/mol. The maximum absolute atomic E-state index is 12.0. The number of anilines is 1. The molecule has 0 radical (unpaired) electrons. The first-order chi connectivity index (χ1) is 7.77. The normalized spacial score (nSPS) is 13.6. The second-order valence-electron chi connectivity index (χ2n) is 3.51. The van der Waals surface area contributed by atoms with Crippen LogP contribution in [-0.2, 0) is 10.0 Å². The zero-order chi connectivity index (χ0) is 13.2. The van der Waals surface area contributed by atoms with Gasteiger partial charge in [0.2, 0.25) is 10.0 Å². The topological polar surface area (TPSA) is 92.4 Å². The van der Waals surface area contributed by atoms with E-state index in [-0.39, 0.29) is 26.7 Å². The van der Waals surface area contributed by atoms with Crippen LogP contribution in [-0.4, -0.2) is 26.2 Å². The molecule has 0 aliphatic carbocycles. The van der Waals surface area contributed by atoms with E-state index in [1.165, 1.54) is 12.1 Å². The number of hydrogen-bond acceptors (Lipinski definition) is 4. The fraction of sp³-hybridized carbons (Fsp3) is 0.333. The number of aliphatic hydroxyl groups excluding tert-OH is 1. The van der Waals surface area contributed by atoms with Gasteiger partial charge in [-0.25, -0.2) is 13.1 Å². The zero-order valence-corrected chi connectivity index (χ0v) is 12.1. The van der Waals surface area contributed by atoms with E-state index < -0.39 is 16.1 Å². The van der Waals surface area contributed by atoms with E-state index in [4.69, 9.17) is 22.4 Å². The Bertz CT molecular complexity index is 521. The van der Waals surface area contributed by atoms with Gasteiger partial charge < -0.3 is 10.8 Å². The van der Waals surface area contributed by atoms with Gasteiger partial charge in [-0.3, -0.25) is 0 Å². The molecule has 0 spiro atoms.